The normalized spacial score (nSPS) is 11.0. The maximum absolute atomic E-state index is 11.7. The van der Waals surface area contributed by atoms with E-state index >= 15 is 0 Å². The minimum absolute atomic E-state index is 0.104. The van der Waals surface area contributed by atoms with Crippen LogP contribution in [0.25, 0.3) is 10.9 Å². The average molecular weight is 333 g/mol. The molecular formula is C15H15N3O6. The number of nitrogens with zero attached hydrogens (tertiary/aromatic N) is 1. The van der Waals surface area contributed by atoms with Crippen LogP contribution in [0.2, 0.25) is 0 Å². The number of aromatic nitrogens is 2. The van der Waals surface area contributed by atoms with Crippen molar-refractivity contribution in [3.05, 3.63) is 35.7 Å². The third kappa shape index (κ3) is 3.51. The van der Waals surface area contributed by atoms with E-state index in [1.807, 2.05) is 0 Å². The Hall–Kier alpha value is -3.36. The number of hydrogen-bond donors (Lipinski definition) is 2. The summed E-state index contributed by atoms with van der Waals surface area (Å²) in [7, 11) is 3.62. The van der Waals surface area contributed by atoms with E-state index in [-0.39, 0.29) is 11.4 Å². The van der Waals surface area contributed by atoms with E-state index in [2.05, 4.69) is 29.7 Å². The molecule has 0 bridgehead atoms. The van der Waals surface area contributed by atoms with Crippen LogP contribution in [0.5, 0.6) is 0 Å². The molecular weight excluding hydrogens is 318 g/mol. The van der Waals surface area contributed by atoms with Crippen LogP contribution in [0.1, 0.15) is 10.5 Å². The van der Waals surface area contributed by atoms with E-state index in [9.17, 15) is 14.4 Å². The third-order valence-electron chi connectivity index (χ3n) is 3.09. The standard InChI is InChI=1S/C15H15N3O6/c1-22-12(19)7-11(14(20)23-2)16-8-4-5-10-9(6-8)13(18-17-10)15(21)24-3/h4-7,16H,1-3H3,(H,17,18)/b11-7+. The molecule has 0 saturated heterocycles. The molecule has 2 N–H and O–H groups in total. The second kappa shape index (κ2) is 7.27. The van der Waals surface area contributed by atoms with Gasteiger partial charge < -0.3 is 19.5 Å². The molecule has 0 aliphatic rings. The van der Waals surface area contributed by atoms with E-state index in [0.29, 0.717) is 16.6 Å². The first-order valence-electron chi connectivity index (χ1n) is 6.71. The molecule has 9 heteroatoms. The Morgan fingerprint density at radius 1 is 1.12 bits per heavy atom. The highest BCUT2D eigenvalue weighted by Crippen LogP contribution is 2.22. The number of anilines is 1. The summed E-state index contributed by atoms with van der Waals surface area (Å²) in [6, 6.07) is 4.87. The van der Waals surface area contributed by atoms with Crippen molar-refractivity contribution in [1.29, 1.82) is 0 Å². The van der Waals surface area contributed by atoms with Gasteiger partial charge in [-0.2, -0.15) is 5.10 Å². The Bertz CT molecular complexity index is 824. The fourth-order valence-corrected chi connectivity index (χ4v) is 1.93. The van der Waals surface area contributed by atoms with Crippen molar-refractivity contribution in [2.75, 3.05) is 26.6 Å². The number of fused-ring (bicyclic) bond motifs is 1. The van der Waals surface area contributed by atoms with Crippen molar-refractivity contribution in [2.24, 2.45) is 0 Å². The Morgan fingerprint density at radius 2 is 1.88 bits per heavy atom. The maximum atomic E-state index is 11.7. The van der Waals surface area contributed by atoms with E-state index in [1.165, 1.54) is 21.3 Å². The van der Waals surface area contributed by atoms with Crippen molar-refractivity contribution in [3.63, 3.8) is 0 Å². The van der Waals surface area contributed by atoms with Crippen LogP contribution >= 0.6 is 0 Å². The first kappa shape index (κ1) is 17.0. The SMILES string of the molecule is COC(=O)/C=C(/Nc1ccc2[nH]nc(C(=O)OC)c2c1)C(=O)OC. The number of esters is 3. The Kier molecular flexibility index (Phi) is 5.15. The molecule has 0 atom stereocenters. The van der Waals surface area contributed by atoms with Crippen LogP contribution in [0.15, 0.2) is 30.0 Å². The lowest BCUT2D eigenvalue weighted by Gasteiger charge is -2.09. The van der Waals surface area contributed by atoms with Crippen LogP contribution in [0.3, 0.4) is 0 Å². The van der Waals surface area contributed by atoms with E-state index in [1.54, 1.807) is 18.2 Å². The van der Waals surface area contributed by atoms with Crippen LogP contribution in [-0.2, 0) is 23.8 Å². The van der Waals surface area contributed by atoms with Gasteiger partial charge >= 0.3 is 17.9 Å². The number of hydrogen-bond acceptors (Lipinski definition) is 8. The van der Waals surface area contributed by atoms with Gasteiger partial charge in [0.05, 0.1) is 32.9 Å². The molecule has 0 amide bonds. The summed E-state index contributed by atoms with van der Waals surface area (Å²) < 4.78 is 13.8. The van der Waals surface area contributed by atoms with Crippen molar-refractivity contribution < 1.29 is 28.6 Å². The summed E-state index contributed by atoms with van der Waals surface area (Å²) in [5.74, 6) is -2.07. The molecule has 2 rings (SSSR count). The summed E-state index contributed by atoms with van der Waals surface area (Å²) >= 11 is 0. The Labute approximate surface area is 136 Å². The van der Waals surface area contributed by atoms with Gasteiger partial charge in [0.2, 0.25) is 0 Å². The van der Waals surface area contributed by atoms with Crippen molar-refractivity contribution in [2.45, 2.75) is 0 Å². The second-order valence-electron chi connectivity index (χ2n) is 4.52. The molecule has 1 aromatic carbocycles. The van der Waals surface area contributed by atoms with Gasteiger partial charge in [-0.15, -0.1) is 0 Å². The number of carbonyl (C=O) groups excluding carboxylic acids is 3. The summed E-state index contributed by atoms with van der Waals surface area (Å²) in [6.45, 7) is 0. The lowest BCUT2D eigenvalue weighted by Crippen LogP contribution is -2.15. The van der Waals surface area contributed by atoms with E-state index < -0.39 is 17.9 Å². The molecule has 9 nitrogen and oxygen atoms in total. The quantitative estimate of drug-likeness (QED) is 0.472. The van der Waals surface area contributed by atoms with Gasteiger partial charge in [0.15, 0.2) is 5.69 Å². The first-order valence-corrected chi connectivity index (χ1v) is 6.71. The molecule has 0 fully saturated rings. The zero-order valence-corrected chi connectivity index (χ0v) is 13.2. The predicted molar refractivity (Wildman–Crippen MR) is 83.2 cm³/mol. The van der Waals surface area contributed by atoms with Crippen LogP contribution in [-0.4, -0.2) is 49.4 Å². The third-order valence-corrected chi connectivity index (χ3v) is 3.09. The van der Waals surface area contributed by atoms with Crippen LogP contribution < -0.4 is 5.32 Å². The number of rotatable bonds is 5. The van der Waals surface area contributed by atoms with Gasteiger partial charge in [-0.3, -0.25) is 5.10 Å². The number of aromatic amines is 1. The van der Waals surface area contributed by atoms with Crippen molar-refractivity contribution in [1.82, 2.24) is 10.2 Å². The first-order chi connectivity index (χ1) is 11.5. The van der Waals surface area contributed by atoms with Crippen LogP contribution in [0, 0.1) is 0 Å². The second-order valence-corrected chi connectivity index (χ2v) is 4.52. The van der Waals surface area contributed by atoms with Gasteiger partial charge in [0.25, 0.3) is 0 Å². The zero-order valence-electron chi connectivity index (χ0n) is 13.2. The van der Waals surface area contributed by atoms with Gasteiger partial charge in [0, 0.05) is 11.1 Å². The van der Waals surface area contributed by atoms with E-state index in [0.717, 1.165) is 6.08 Å². The van der Waals surface area contributed by atoms with Gasteiger partial charge in [0.1, 0.15) is 5.70 Å². The molecule has 0 spiro atoms. The molecule has 0 unspecified atom stereocenters. The average Bonchev–Trinajstić information content (AvgIpc) is 3.02. The molecule has 0 radical (unpaired) electrons. The summed E-state index contributed by atoms with van der Waals surface area (Å²) in [6.07, 6.45) is 0.965. The largest absolute Gasteiger partial charge is 0.466 e. The molecule has 24 heavy (non-hydrogen) atoms. The van der Waals surface area contributed by atoms with E-state index in [4.69, 9.17) is 0 Å². The monoisotopic (exact) mass is 333 g/mol. The fraction of sp³-hybridized carbons (Fsp3) is 0.200. The summed E-state index contributed by atoms with van der Waals surface area (Å²) in [5.41, 5.74) is 1.03. The minimum atomic E-state index is -0.749. The lowest BCUT2D eigenvalue weighted by atomic mass is 10.2. The Morgan fingerprint density at radius 3 is 2.50 bits per heavy atom. The highest BCUT2D eigenvalue weighted by atomic mass is 16.5. The Balaban J connectivity index is 2.40. The molecule has 1 heterocycles. The maximum Gasteiger partial charge on any atom is 0.359 e. The smallest absolute Gasteiger partial charge is 0.359 e. The molecule has 0 aliphatic carbocycles. The fourth-order valence-electron chi connectivity index (χ4n) is 1.93. The molecule has 2 aromatic rings. The summed E-state index contributed by atoms with van der Waals surface area (Å²) in [5, 5.41) is 9.84. The molecule has 126 valence electrons. The van der Waals surface area contributed by atoms with Gasteiger partial charge in [-0.25, -0.2) is 14.4 Å². The van der Waals surface area contributed by atoms with Gasteiger partial charge in [-0.1, -0.05) is 0 Å². The number of H-pyrrole nitrogens is 1. The minimum Gasteiger partial charge on any atom is -0.466 e. The lowest BCUT2D eigenvalue weighted by molar-refractivity contribution is -0.138. The molecule has 0 aliphatic heterocycles. The van der Waals surface area contributed by atoms with Crippen LogP contribution in [0.4, 0.5) is 5.69 Å². The molecule has 1 aromatic heterocycles. The number of nitrogens with one attached hydrogen (secondary N) is 2. The van der Waals surface area contributed by atoms with Crippen molar-refractivity contribution in [3.8, 4) is 0 Å². The predicted octanol–water partition coefficient (Wildman–Crippen LogP) is 0.991. The topological polar surface area (TPSA) is 120 Å². The summed E-state index contributed by atoms with van der Waals surface area (Å²) in [4.78, 5) is 34.8. The van der Waals surface area contributed by atoms with Crippen molar-refractivity contribution >= 4 is 34.5 Å². The van der Waals surface area contributed by atoms with Gasteiger partial charge in [-0.05, 0) is 18.2 Å². The zero-order chi connectivity index (χ0) is 17.7. The number of methoxy groups -OCH3 is 3. The number of ether oxygens (including phenoxy) is 3. The molecule has 0 saturated carbocycles. The highest BCUT2D eigenvalue weighted by molar-refractivity contribution is 6.03. The number of carbonyl (C=O) groups is 3. The number of benzene rings is 1. The highest BCUT2D eigenvalue weighted by Gasteiger charge is 2.17.